The van der Waals surface area contributed by atoms with E-state index >= 15 is 0 Å². The molecule has 2 aliphatic rings. The van der Waals surface area contributed by atoms with E-state index in [1.54, 1.807) is 45.3 Å². The van der Waals surface area contributed by atoms with Crippen molar-refractivity contribution in [1.29, 1.82) is 0 Å². The number of nitrogens with one attached hydrogen (secondary N) is 2. The molecule has 1 aliphatic heterocycles. The molecule has 5 rings (SSSR count). The molecule has 5 atom stereocenters. The average Bonchev–Trinajstić information content (AvgIpc) is 3.41. The summed E-state index contributed by atoms with van der Waals surface area (Å²) in [5.41, 5.74) is -1.30. The molecule has 1 saturated carbocycles. The van der Waals surface area contributed by atoms with Crippen LogP contribution in [0.2, 0.25) is 0 Å². The number of nitrogens with zero attached hydrogens (tertiary/aromatic N) is 4. The number of imidazole rings is 1. The van der Waals surface area contributed by atoms with Crippen LogP contribution in [0.25, 0.3) is 20.9 Å². The van der Waals surface area contributed by atoms with E-state index in [4.69, 9.17) is 14.2 Å². The highest BCUT2D eigenvalue weighted by molar-refractivity contribution is 7.22. The monoisotopic (exact) mass is 720 g/mol. The van der Waals surface area contributed by atoms with Crippen LogP contribution in [-0.4, -0.2) is 86.3 Å². The third kappa shape index (κ3) is 8.61. The van der Waals surface area contributed by atoms with Crippen LogP contribution in [0.15, 0.2) is 56.0 Å². The van der Waals surface area contributed by atoms with Gasteiger partial charge in [0.2, 0.25) is 11.8 Å². The van der Waals surface area contributed by atoms with Gasteiger partial charge in [0.25, 0.3) is 0 Å². The highest BCUT2D eigenvalue weighted by Gasteiger charge is 2.62. The number of aryl methyl sites for hydroxylation is 1. The Labute approximate surface area is 302 Å². The zero-order valence-electron chi connectivity index (χ0n) is 30.0. The molecule has 51 heavy (non-hydrogen) atoms. The molecule has 4 heterocycles. The number of amides is 3. The van der Waals surface area contributed by atoms with Gasteiger partial charge in [0.15, 0.2) is 0 Å². The van der Waals surface area contributed by atoms with E-state index in [1.807, 2.05) is 30.0 Å². The lowest BCUT2D eigenvalue weighted by atomic mass is 10.0. The van der Waals surface area contributed by atoms with E-state index in [-0.39, 0.29) is 18.9 Å². The van der Waals surface area contributed by atoms with Gasteiger partial charge in [-0.15, -0.1) is 24.5 Å². The first-order valence-corrected chi connectivity index (χ1v) is 18.1. The topological polar surface area (TPSA) is 154 Å². The van der Waals surface area contributed by atoms with Crippen LogP contribution in [0.1, 0.15) is 65.7 Å². The fraction of sp³-hybridized carbons (Fsp3) is 0.514. The minimum absolute atomic E-state index is 0.0669. The fourth-order valence-electron chi connectivity index (χ4n) is 6.48. The van der Waals surface area contributed by atoms with Crippen LogP contribution in [0.3, 0.4) is 0 Å². The van der Waals surface area contributed by atoms with Crippen molar-refractivity contribution >= 4 is 45.4 Å². The van der Waals surface area contributed by atoms with Crippen LogP contribution in [0.5, 0.6) is 5.75 Å². The molecule has 14 heteroatoms. The number of esters is 1. The molecule has 0 unspecified atom stereocenters. The van der Waals surface area contributed by atoms with Gasteiger partial charge in [0, 0.05) is 38.0 Å². The largest absolute Gasteiger partial charge is 0.487 e. The smallest absolute Gasteiger partial charge is 0.408 e. The van der Waals surface area contributed by atoms with Crippen molar-refractivity contribution in [3.8, 4) is 16.5 Å². The van der Waals surface area contributed by atoms with E-state index in [2.05, 4.69) is 33.8 Å². The van der Waals surface area contributed by atoms with Gasteiger partial charge in [0.1, 0.15) is 40.9 Å². The Morgan fingerprint density at radius 2 is 1.94 bits per heavy atom. The first kappa shape index (κ1) is 37.5. The molecule has 2 N–H and O–H groups in total. The standard InChI is InChI=1S/C37H48N6O7S/c1-8-10-11-12-13-14-25(40-35(47)50-36(3,4)5)33(45)43-22-24(19-27(43)32(44)41-37(34(46)48-7)21-23(37)9-2)49-28-15-16-38-26-20-29(51-30(26)28)31-39-17-18-42(31)6/h8-9,15-18,20,23-25,27H,1-2,10-14,19,21-22H2,3-7H3,(H,40,47)(H,41,44)/t23-,24-,25+,27+,37-/m1/s1. The lowest BCUT2D eigenvalue weighted by molar-refractivity contribution is -0.148. The number of hydrogen-bond acceptors (Lipinski definition) is 10. The van der Waals surface area contributed by atoms with Crippen molar-refractivity contribution in [3.63, 3.8) is 0 Å². The van der Waals surface area contributed by atoms with Crippen LogP contribution in [-0.2, 0) is 30.9 Å². The summed E-state index contributed by atoms with van der Waals surface area (Å²) >= 11 is 1.49. The van der Waals surface area contributed by atoms with Crippen LogP contribution < -0.4 is 15.4 Å². The van der Waals surface area contributed by atoms with Gasteiger partial charge in [-0.05, 0) is 58.6 Å². The summed E-state index contributed by atoms with van der Waals surface area (Å²) < 4.78 is 19.8. The molecular formula is C37H48N6O7S. The molecule has 0 aromatic carbocycles. The number of methoxy groups -OCH3 is 1. The third-order valence-corrected chi connectivity index (χ3v) is 10.3. The molecule has 274 valence electrons. The molecular weight excluding hydrogens is 673 g/mol. The molecule has 1 aliphatic carbocycles. The number of unbranched alkanes of at least 4 members (excludes halogenated alkanes) is 3. The number of allylic oxidation sites excluding steroid dienone is 1. The number of alkyl carbamates (subject to hydrolysis) is 1. The maximum atomic E-state index is 14.4. The SMILES string of the molecule is C=CCCCCC[C@H](NC(=O)OC(C)(C)C)C(=O)N1C[C@H](Oc2ccnc3cc(-c4nccn4C)sc23)C[C@H]1C(=O)N[C@]1(C(=O)OC)C[C@H]1C=C. The number of rotatable bonds is 15. The predicted molar refractivity (Wildman–Crippen MR) is 194 cm³/mol. The Kier molecular flexibility index (Phi) is 11.5. The number of carbonyl (C=O) groups is 4. The van der Waals surface area contributed by atoms with Gasteiger partial charge in [-0.1, -0.05) is 25.0 Å². The second kappa shape index (κ2) is 15.7. The van der Waals surface area contributed by atoms with Crippen molar-refractivity contribution in [2.75, 3.05) is 13.7 Å². The number of thiophene rings is 1. The van der Waals surface area contributed by atoms with Crippen molar-refractivity contribution in [3.05, 3.63) is 56.0 Å². The van der Waals surface area contributed by atoms with E-state index in [9.17, 15) is 19.2 Å². The van der Waals surface area contributed by atoms with Crippen molar-refractivity contribution < 1.29 is 33.4 Å². The molecule has 1 saturated heterocycles. The second-order valence-corrected chi connectivity index (χ2v) is 15.2. The highest BCUT2D eigenvalue weighted by atomic mass is 32.1. The lowest BCUT2D eigenvalue weighted by Gasteiger charge is -2.30. The second-order valence-electron chi connectivity index (χ2n) is 14.1. The average molecular weight is 721 g/mol. The molecule has 3 amide bonds. The Hall–Kier alpha value is -4.72. The number of pyridine rings is 1. The van der Waals surface area contributed by atoms with Gasteiger partial charge in [-0.3, -0.25) is 14.6 Å². The normalized spacial score (nSPS) is 21.8. The van der Waals surface area contributed by atoms with Gasteiger partial charge in [0.05, 0.1) is 28.7 Å². The summed E-state index contributed by atoms with van der Waals surface area (Å²) in [5.74, 6) is -0.473. The van der Waals surface area contributed by atoms with E-state index < -0.39 is 53.2 Å². The van der Waals surface area contributed by atoms with Gasteiger partial charge >= 0.3 is 12.1 Å². The Balaban J connectivity index is 1.42. The highest BCUT2D eigenvalue weighted by Crippen LogP contribution is 2.46. The first-order chi connectivity index (χ1) is 24.3. The molecule has 0 spiro atoms. The zero-order valence-corrected chi connectivity index (χ0v) is 30.8. The number of likely N-dealkylation sites (tertiary alicyclic amines) is 1. The quantitative estimate of drug-likeness (QED) is 0.121. The van der Waals surface area contributed by atoms with Gasteiger partial charge in [-0.2, -0.15) is 0 Å². The number of aromatic nitrogens is 3. The minimum atomic E-state index is -1.25. The first-order valence-electron chi connectivity index (χ1n) is 17.3. The van der Waals surface area contributed by atoms with Crippen LogP contribution in [0, 0.1) is 5.92 Å². The molecule has 13 nitrogen and oxygen atoms in total. The van der Waals surface area contributed by atoms with Crippen LogP contribution in [0.4, 0.5) is 4.79 Å². The number of fused-ring (bicyclic) bond motifs is 1. The number of carbonyl (C=O) groups excluding carboxylic acids is 4. The summed E-state index contributed by atoms with van der Waals surface area (Å²) in [4.78, 5) is 65.7. The molecule has 0 bridgehead atoms. The van der Waals surface area contributed by atoms with E-state index in [1.165, 1.54) is 23.3 Å². The Morgan fingerprint density at radius 1 is 1.16 bits per heavy atom. The maximum Gasteiger partial charge on any atom is 0.408 e. The maximum absolute atomic E-state index is 14.4. The lowest BCUT2D eigenvalue weighted by Crippen LogP contribution is -2.56. The number of ether oxygens (including phenoxy) is 3. The number of hydrogen-bond donors (Lipinski definition) is 2. The minimum Gasteiger partial charge on any atom is -0.487 e. The van der Waals surface area contributed by atoms with Gasteiger partial charge in [-0.25, -0.2) is 14.6 Å². The summed E-state index contributed by atoms with van der Waals surface area (Å²) in [6.45, 7) is 12.9. The summed E-state index contributed by atoms with van der Waals surface area (Å²) in [5, 5.41) is 5.66. The van der Waals surface area contributed by atoms with Crippen molar-refractivity contribution in [2.45, 2.75) is 95.0 Å². The molecule has 2 fully saturated rings. The van der Waals surface area contributed by atoms with E-state index in [0.29, 0.717) is 25.0 Å². The summed E-state index contributed by atoms with van der Waals surface area (Å²) in [6, 6.07) is 1.76. The predicted octanol–water partition coefficient (Wildman–Crippen LogP) is 5.31. The Morgan fingerprint density at radius 3 is 2.59 bits per heavy atom. The van der Waals surface area contributed by atoms with Crippen LogP contribution >= 0.6 is 11.3 Å². The van der Waals surface area contributed by atoms with Crippen molar-refractivity contribution in [2.24, 2.45) is 13.0 Å². The van der Waals surface area contributed by atoms with Crippen molar-refractivity contribution in [1.82, 2.24) is 30.1 Å². The fourth-order valence-corrected chi connectivity index (χ4v) is 7.60. The molecule has 0 radical (unpaired) electrons. The zero-order chi connectivity index (χ0) is 36.9. The van der Waals surface area contributed by atoms with E-state index in [0.717, 1.165) is 40.2 Å². The van der Waals surface area contributed by atoms with Gasteiger partial charge < -0.3 is 34.3 Å². The molecule has 3 aromatic heterocycles. The summed E-state index contributed by atoms with van der Waals surface area (Å²) in [6.07, 6.45) is 11.4. The third-order valence-electron chi connectivity index (χ3n) is 9.14. The summed E-state index contributed by atoms with van der Waals surface area (Å²) in [7, 11) is 3.19. The molecule has 3 aromatic rings. The Bertz CT molecular complexity index is 1780.